The monoisotopic (exact) mass is 303 g/mol. The molecule has 0 bridgehead atoms. The summed E-state index contributed by atoms with van der Waals surface area (Å²) >= 11 is 2.81. The minimum Gasteiger partial charge on any atom is -0.225 e. The fourth-order valence-corrected chi connectivity index (χ4v) is 2.45. The zero-order valence-corrected chi connectivity index (χ0v) is 9.45. The number of hydrogen-bond donors (Lipinski definition) is 1. The molecule has 1 aromatic carbocycles. The number of alkyl halides is 3. The second-order valence-corrected chi connectivity index (χ2v) is 5.07. The van der Waals surface area contributed by atoms with Crippen LogP contribution >= 0.6 is 15.9 Å². The van der Waals surface area contributed by atoms with Crippen LogP contribution in [0.25, 0.3) is 0 Å². The first kappa shape index (κ1) is 12.5. The van der Waals surface area contributed by atoms with Gasteiger partial charge in [0.25, 0.3) is 0 Å². The first-order chi connectivity index (χ1) is 6.62. The Labute approximate surface area is 92.3 Å². The van der Waals surface area contributed by atoms with Gasteiger partial charge in [-0.3, -0.25) is 0 Å². The van der Waals surface area contributed by atoms with E-state index in [0.29, 0.717) is 6.07 Å². The maximum Gasteiger partial charge on any atom is 0.416 e. The Morgan fingerprint density at radius 3 is 2.20 bits per heavy atom. The lowest BCUT2D eigenvalue weighted by Crippen LogP contribution is -2.14. The second kappa shape index (κ2) is 3.76. The van der Waals surface area contributed by atoms with Gasteiger partial charge < -0.3 is 0 Å². The van der Waals surface area contributed by atoms with E-state index in [0.717, 1.165) is 12.1 Å². The van der Waals surface area contributed by atoms with Crippen LogP contribution in [0.2, 0.25) is 0 Å². The van der Waals surface area contributed by atoms with Gasteiger partial charge in [0, 0.05) is 4.47 Å². The van der Waals surface area contributed by atoms with E-state index >= 15 is 0 Å². The largest absolute Gasteiger partial charge is 0.416 e. The molecular weight excluding hydrogens is 299 g/mol. The lowest BCUT2D eigenvalue weighted by atomic mass is 10.2. The zero-order valence-electron chi connectivity index (χ0n) is 7.05. The summed E-state index contributed by atoms with van der Waals surface area (Å²) in [6, 6.07) is 2.24. The molecule has 0 aliphatic carbocycles. The number of halogens is 4. The number of nitrogens with two attached hydrogens (primary N) is 1. The third kappa shape index (κ3) is 2.93. The van der Waals surface area contributed by atoms with E-state index in [1.54, 1.807) is 0 Å². The molecule has 0 saturated heterocycles. The van der Waals surface area contributed by atoms with Gasteiger partial charge in [-0.25, -0.2) is 13.6 Å². The van der Waals surface area contributed by atoms with Crippen molar-refractivity contribution in [2.75, 3.05) is 0 Å². The molecule has 0 saturated carbocycles. The predicted octanol–water partition coefficient (Wildman–Crippen LogP) is 2.12. The Bertz CT molecular complexity index is 483. The minimum absolute atomic E-state index is 0.00185. The van der Waals surface area contributed by atoms with E-state index in [2.05, 4.69) is 15.9 Å². The SMILES string of the molecule is NS(=O)(=O)c1cc(C(F)(F)F)ccc1Br. The number of primary sulfonamides is 1. The molecule has 0 aliphatic rings. The molecular formula is C7H5BrF3NO2S. The fourth-order valence-electron chi connectivity index (χ4n) is 0.898. The van der Waals surface area contributed by atoms with E-state index in [1.165, 1.54) is 0 Å². The molecule has 0 atom stereocenters. The average molecular weight is 304 g/mol. The van der Waals surface area contributed by atoms with Crippen molar-refractivity contribution < 1.29 is 21.6 Å². The van der Waals surface area contributed by atoms with E-state index in [1.807, 2.05) is 0 Å². The van der Waals surface area contributed by atoms with Crippen molar-refractivity contribution in [2.45, 2.75) is 11.1 Å². The van der Waals surface area contributed by atoms with Crippen LogP contribution in [-0.2, 0) is 16.2 Å². The molecule has 0 amide bonds. The van der Waals surface area contributed by atoms with E-state index in [4.69, 9.17) is 5.14 Å². The molecule has 0 radical (unpaired) electrons. The smallest absolute Gasteiger partial charge is 0.225 e. The molecule has 0 aromatic heterocycles. The molecule has 15 heavy (non-hydrogen) atoms. The summed E-state index contributed by atoms with van der Waals surface area (Å²) in [5.41, 5.74) is -1.06. The number of sulfonamides is 1. The highest BCUT2D eigenvalue weighted by Gasteiger charge is 2.32. The Balaban J connectivity index is 3.43. The van der Waals surface area contributed by atoms with Crippen molar-refractivity contribution in [1.82, 2.24) is 0 Å². The normalized spacial score (nSPS) is 12.9. The third-order valence-corrected chi connectivity index (χ3v) is 3.47. The Morgan fingerprint density at radius 1 is 1.27 bits per heavy atom. The molecule has 0 spiro atoms. The van der Waals surface area contributed by atoms with Crippen molar-refractivity contribution in [2.24, 2.45) is 5.14 Å². The summed E-state index contributed by atoms with van der Waals surface area (Å²) < 4.78 is 58.5. The highest BCUT2D eigenvalue weighted by molar-refractivity contribution is 9.10. The predicted molar refractivity (Wildman–Crippen MR) is 50.5 cm³/mol. The number of hydrogen-bond acceptors (Lipinski definition) is 2. The lowest BCUT2D eigenvalue weighted by molar-refractivity contribution is -0.137. The molecule has 0 unspecified atom stereocenters. The van der Waals surface area contributed by atoms with Crippen LogP contribution in [0.3, 0.4) is 0 Å². The highest BCUT2D eigenvalue weighted by Crippen LogP contribution is 2.32. The van der Waals surface area contributed by atoms with Crippen LogP contribution < -0.4 is 5.14 Å². The topological polar surface area (TPSA) is 60.2 Å². The first-order valence-electron chi connectivity index (χ1n) is 3.52. The van der Waals surface area contributed by atoms with Crippen LogP contribution in [0.4, 0.5) is 13.2 Å². The Morgan fingerprint density at radius 2 is 1.80 bits per heavy atom. The van der Waals surface area contributed by atoms with Crippen LogP contribution in [0.15, 0.2) is 27.6 Å². The summed E-state index contributed by atoms with van der Waals surface area (Å²) in [7, 11) is -4.16. The van der Waals surface area contributed by atoms with Crippen molar-refractivity contribution in [3.63, 3.8) is 0 Å². The summed E-state index contributed by atoms with van der Waals surface area (Å²) in [6.07, 6.45) is -4.60. The highest BCUT2D eigenvalue weighted by atomic mass is 79.9. The van der Waals surface area contributed by atoms with Gasteiger partial charge in [0.1, 0.15) is 0 Å². The van der Waals surface area contributed by atoms with Crippen LogP contribution in [0, 0.1) is 0 Å². The van der Waals surface area contributed by atoms with Gasteiger partial charge in [0.15, 0.2) is 0 Å². The molecule has 1 rings (SSSR count). The van der Waals surface area contributed by atoms with Crippen molar-refractivity contribution in [3.8, 4) is 0 Å². The second-order valence-electron chi connectivity index (χ2n) is 2.69. The van der Waals surface area contributed by atoms with Gasteiger partial charge in [-0.15, -0.1) is 0 Å². The van der Waals surface area contributed by atoms with Crippen LogP contribution in [0.5, 0.6) is 0 Å². The van der Waals surface area contributed by atoms with Crippen molar-refractivity contribution >= 4 is 26.0 Å². The van der Waals surface area contributed by atoms with Crippen molar-refractivity contribution in [3.05, 3.63) is 28.2 Å². The summed E-state index contributed by atoms with van der Waals surface area (Å²) in [4.78, 5) is -0.586. The third-order valence-electron chi connectivity index (χ3n) is 1.57. The molecule has 1 aromatic rings. The van der Waals surface area contributed by atoms with E-state index in [-0.39, 0.29) is 4.47 Å². The maximum atomic E-state index is 12.2. The number of rotatable bonds is 1. The van der Waals surface area contributed by atoms with Gasteiger partial charge in [-0.2, -0.15) is 13.2 Å². The van der Waals surface area contributed by atoms with Gasteiger partial charge in [-0.05, 0) is 34.1 Å². The van der Waals surface area contributed by atoms with E-state index in [9.17, 15) is 21.6 Å². The van der Waals surface area contributed by atoms with Gasteiger partial charge in [0.2, 0.25) is 10.0 Å². The lowest BCUT2D eigenvalue weighted by Gasteiger charge is -2.08. The molecule has 3 nitrogen and oxygen atoms in total. The van der Waals surface area contributed by atoms with Crippen LogP contribution in [0.1, 0.15) is 5.56 Å². The zero-order chi connectivity index (χ0) is 11.9. The minimum atomic E-state index is -4.60. The van der Waals surface area contributed by atoms with Gasteiger partial charge >= 0.3 is 6.18 Å². The standard InChI is InChI=1S/C7H5BrF3NO2S/c8-5-2-1-4(7(9,10)11)3-6(5)15(12,13)14/h1-3H,(H2,12,13,14). The Hall–Kier alpha value is -0.600. The quantitative estimate of drug-likeness (QED) is 0.864. The maximum absolute atomic E-state index is 12.2. The van der Waals surface area contributed by atoms with E-state index < -0.39 is 26.7 Å². The number of benzene rings is 1. The molecule has 2 N–H and O–H groups in total. The summed E-state index contributed by atoms with van der Waals surface area (Å²) in [6.45, 7) is 0. The van der Waals surface area contributed by atoms with Crippen molar-refractivity contribution in [1.29, 1.82) is 0 Å². The summed E-state index contributed by atoms with van der Waals surface area (Å²) in [5.74, 6) is 0. The average Bonchev–Trinajstić information content (AvgIpc) is 2.00. The Kier molecular flexibility index (Phi) is 3.13. The van der Waals surface area contributed by atoms with Crippen LogP contribution in [-0.4, -0.2) is 8.42 Å². The van der Waals surface area contributed by atoms with Gasteiger partial charge in [0.05, 0.1) is 10.5 Å². The fraction of sp³-hybridized carbons (Fsp3) is 0.143. The molecule has 84 valence electrons. The molecule has 0 aliphatic heterocycles. The summed E-state index contributed by atoms with van der Waals surface area (Å²) in [5, 5.41) is 4.74. The first-order valence-corrected chi connectivity index (χ1v) is 5.86. The van der Waals surface area contributed by atoms with Gasteiger partial charge in [-0.1, -0.05) is 0 Å². The molecule has 0 fully saturated rings. The molecule has 0 heterocycles. The molecule has 8 heteroatoms.